The van der Waals surface area contributed by atoms with Gasteiger partial charge in [0, 0.05) is 5.56 Å². The van der Waals surface area contributed by atoms with Crippen molar-refractivity contribution in [3.8, 4) is 17.0 Å². The number of pyridine rings is 1. The minimum atomic E-state index is -4.36. The van der Waals surface area contributed by atoms with Crippen LogP contribution in [0.5, 0.6) is 5.75 Å². The lowest BCUT2D eigenvalue weighted by Crippen LogP contribution is -2.10. The average Bonchev–Trinajstić information content (AvgIpc) is 2.72. The molecule has 29 heavy (non-hydrogen) atoms. The molecule has 0 spiro atoms. The van der Waals surface area contributed by atoms with E-state index < -0.39 is 11.7 Å². The number of unbranched alkanes of at least 4 members (excludes halogenated alkanes) is 1. The molecule has 0 unspecified atom stereocenters. The third kappa shape index (κ3) is 5.51. The minimum absolute atomic E-state index is 0.316. The molecule has 0 fully saturated rings. The van der Waals surface area contributed by atoms with Gasteiger partial charge in [0.15, 0.2) is 0 Å². The molecule has 1 atom stereocenters. The molecule has 0 aliphatic carbocycles. The van der Waals surface area contributed by atoms with Gasteiger partial charge in [0.1, 0.15) is 11.9 Å². The van der Waals surface area contributed by atoms with Crippen LogP contribution < -0.4 is 4.74 Å². The summed E-state index contributed by atoms with van der Waals surface area (Å²) in [5.41, 5.74) is 1.23. The van der Waals surface area contributed by atoms with E-state index in [2.05, 4.69) is 18.0 Å². The lowest BCUT2D eigenvalue weighted by Gasteiger charge is -2.20. The standard InChI is InChI=1S/C23H20ClF3NO/c1-2-3-10-22(29-21-11-5-4-7-18(21)24)20-9-6-8-19(28-20)16-12-14-17(15-13-16)23(25,26)27/h5-9,11-15,22H,2-3,10H2,1H3/t22-/m0/s1. The molecule has 0 bridgehead atoms. The van der Waals surface area contributed by atoms with Gasteiger partial charge in [0.05, 0.1) is 22.0 Å². The Labute approximate surface area is 173 Å². The van der Waals surface area contributed by atoms with Crippen molar-refractivity contribution in [3.05, 3.63) is 83.0 Å². The number of nitrogens with zero attached hydrogens (tertiary/aromatic N) is 1. The Kier molecular flexibility index (Phi) is 6.80. The SMILES string of the molecule is CCCC[C@H](Oc1cc[c]cc1Cl)c1cccc(-c2ccc(C(F)(F)F)cc2)n1. The van der Waals surface area contributed by atoms with Gasteiger partial charge in [-0.05, 0) is 55.3 Å². The van der Waals surface area contributed by atoms with Crippen LogP contribution in [0.4, 0.5) is 13.2 Å². The number of rotatable bonds is 7. The van der Waals surface area contributed by atoms with Gasteiger partial charge in [-0.1, -0.05) is 49.2 Å². The number of ether oxygens (including phenoxy) is 1. The lowest BCUT2D eigenvalue weighted by molar-refractivity contribution is -0.137. The van der Waals surface area contributed by atoms with Gasteiger partial charge in [-0.25, -0.2) is 4.98 Å². The second kappa shape index (κ2) is 9.31. The van der Waals surface area contributed by atoms with Crippen molar-refractivity contribution in [3.63, 3.8) is 0 Å². The average molecular weight is 419 g/mol. The molecule has 1 heterocycles. The molecular weight excluding hydrogens is 399 g/mol. The summed E-state index contributed by atoms with van der Waals surface area (Å²) in [6.07, 6.45) is -2.00. The van der Waals surface area contributed by atoms with Crippen molar-refractivity contribution in [1.29, 1.82) is 0 Å². The highest BCUT2D eigenvalue weighted by molar-refractivity contribution is 6.32. The Balaban J connectivity index is 1.89. The molecule has 0 N–H and O–H groups in total. The molecule has 2 aromatic carbocycles. The highest BCUT2D eigenvalue weighted by atomic mass is 35.5. The van der Waals surface area contributed by atoms with Crippen LogP contribution in [0.25, 0.3) is 11.3 Å². The van der Waals surface area contributed by atoms with Crippen molar-refractivity contribution in [1.82, 2.24) is 4.98 Å². The molecule has 1 aromatic heterocycles. The first-order valence-corrected chi connectivity index (χ1v) is 9.73. The van der Waals surface area contributed by atoms with E-state index in [9.17, 15) is 13.2 Å². The fourth-order valence-electron chi connectivity index (χ4n) is 2.92. The second-order valence-corrected chi connectivity index (χ2v) is 7.04. The van der Waals surface area contributed by atoms with Gasteiger partial charge >= 0.3 is 6.18 Å². The van der Waals surface area contributed by atoms with E-state index in [0.717, 1.165) is 31.4 Å². The summed E-state index contributed by atoms with van der Waals surface area (Å²) < 4.78 is 44.5. The predicted molar refractivity (Wildman–Crippen MR) is 108 cm³/mol. The predicted octanol–water partition coefficient (Wildman–Crippen LogP) is 7.53. The van der Waals surface area contributed by atoms with Crippen molar-refractivity contribution < 1.29 is 17.9 Å². The Morgan fingerprint density at radius 2 is 1.86 bits per heavy atom. The summed E-state index contributed by atoms with van der Waals surface area (Å²) >= 11 is 6.20. The second-order valence-electron chi connectivity index (χ2n) is 6.63. The van der Waals surface area contributed by atoms with Crippen LogP contribution in [0.1, 0.15) is 43.5 Å². The number of aromatic nitrogens is 1. The van der Waals surface area contributed by atoms with Gasteiger partial charge in [-0.15, -0.1) is 0 Å². The zero-order chi connectivity index (χ0) is 20.9. The van der Waals surface area contributed by atoms with Crippen molar-refractivity contribution >= 4 is 11.6 Å². The number of alkyl halides is 3. The third-order valence-corrected chi connectivity index (χ3v) is 4.77. The molecule has 0 amide bonds. The van der Waals surface area contributed by atoms with Crippen LogP contribution in [0.2, 0.25) is 5.02 Å². The van der Waals surface area contributed by atoms with Gasteiger partial charge in [-0.2, -0.15) is 13.2 Å². The fraction of sp³-hybridized carbons (Fsp3) is 0.261. The monoisotopic (exact) mass is 418 g/mol. The van der Waals surface area contributed by atoms with Gasteiger partial charge < -0.3 is 4.74 Å². The molecule has 3 aromatic rings. The molecule has 3 rings (SSSR count). The topological polar surface area (TPSA) is 22.1 Å². The molecule has 0 saturated carbocycles. The quantitative estimate of drug-likeness (QED) is 0.395. The van der Waals surface area contributed by atoms with Crippen LogP contribution in [-0.2, 0) is 6.18 Å². The van der Waals surface area contributed by atoms with E-state index in [0.29, 0.717) is 27.7 Å². The highest BCUT2D eigenvalue weighted by Crippen LogP contribution is 2.33. The van der Waals surface area contributed by atoms with Gasteiger partial charge in [-0.3, -0.25) is 0 Å². The Bertz CT molecular complexity index is 941. The summed E-state index contributed by atoms with van der Waals surface area (Å²) in [5, 5.41) is 0.466. The highest BCUT2D eigenvalue weighted by Gasteiger charge is 2.30. The molecule has 0 aliphatic rings. The van der Waals surface area contributed by atoms with E-state index in [1.807, 2.05) is 12.1 Å². The molecular formula is C23H20ClF3NO. The number of hydrogen-bond donors (Lipinski definition) is 0. The van der Waals surface area contributed by atoms with E-state index in [1.54, 1.807) is 24.3 Å². The van der Waals surface area contributed by atoms with Crippen LogP contribution in [0, 0.1) is 6.07 Å². The zero-order valence-corrected chi connectivity index (χ0v) is 16.6. The van der Waals surface area contributed by atoms with Crippen LogP contribution >= 0.6 is 11.6 Å². The summed E-state index contributed by atoms with van der Waals surface area (Å²) in [6, 6.07) is 18.5. The molecule has 1 radical (unpaired) electrons. The van der Waals surface area contributed by atoms with Gasteiger partial charge in [0.2, 0.25) is 0 Å². The van der Waals surface area contributed by atoms with Crippen LogP contribution in [0.3, 0.4) is 0 Å². The van der Waals surface area contributed by atoms with Gasteiger partial charge in [0.25, 0.3) is 0 Å². The Morgan fingerprint density at radius 3 is 2.52 bits per heavy atom. The van der Waals surface area contributed by atoms with Crippen molar-refractivity contribution in [2.24, 2.45) is 0 Å². The maximum absolute atomic E-state index is 12.8. The van der Waals surface area contributed by atoms with Crippen molar-refractivity contribution in [2.45, 2.75) is 38.5 Å². The maximum Gasteiger partial charge on any atom is 0.416 e. The van der Waals surface area contributed by atoms with Crippen LogP contribution in [0.15, 0.2) is 60.7 Å². The summed E-state index contributed by atoms with van der Waals surface area (Å²) in [5.74, 6) is 0.549. The Hall–Kier alpha value is -2.53. The Morgan fingerprint density at radius 1 is 1.10 bits per heavy atom. The minimum Gasteiger partial charge on any atom is -0.483 e. The maximum atomic E-state index is 12.8. The first kappa shape index (κ1) is 21.2. The first-order chi connectivity index (χ1) is 13.9. The zero-order valence-electron chi connectivity index (χ0n) is 15.8. The summed E-state index contributed by atoms with van der Waals surface area (Å²) in [4.78, 5) is 4.66. The fourth-order valence-corrected chi connectivity index (χ4v) is 3.09. The van der Waals surface area contributed by atoms with E-state index in [1.165, 1.54) is 12.1 Å². The molecule has 0 aliphatic heterocycles. The van der Waals surface area contributed by atoms with E-state index in [4.69, 9.17) is 16.3 Å². The molecule has 151 valence electrons. The summed E-state index contributed by atoms with van der Waals surface area (Å²) in [7, 11) is 0. The smallest absolute Gasteiger partial charge is 0.416 e. The summed E-state index contributed by atoms with van der Waals surface area (Å²) in [6.45, 7) is 2.09. The lowest BCUT2D eigenvalue weighted by atomic mass is 10.1. The van der Waals surface area contributed by atoms with E-state index >= 15 is 0 Å². The molecule has 2 nitrogen and oxygen atoms in total. The molecule has 6 heteroatoms. The number of halogens is 4. The first-order valence-electron chi connectivity index (χ1n) is 9.35. The third-order valence-electron chi connectivity index (χ3n) is 4.47. The largest absolute Gasteiger partial charge is 0.483 e. The number of hydrogen-bond acceptors (Lipinski definition) is 2. The normalized spacial score (nSPS) is 12.6. The number of benzene rings is 2. The van der Waals surface area contributed by atoms with Crippen molar-refractivity contribution in [2.75, 3.05) is 0 Å². The van der Waals surface area contributed by atoms with Crippen LogP contribution in [-0.4, -0.2) is 4.98 Å². The molecule has 0 saturated heterocycles. The van der Waals surface area contributed by atoms with E-state index in [-0.39, 0.29) is 6.10 Å².